The normalized spacial score (nSPS) is 17.6. The first kappa shape index (κ1) is 21.2. The van der Waals surface area contributed by atoms with Crippen LogP contribution in [0.5, 0.6) is 0 Å². The van der Waals surface area contributed by atoms with Gasteiger partial charge in [0.15, 0.2) is 0 Å². The Kier molecular flexibility index (Phi) is 7.64. The van der Waals surface area contributed by atoms with E-state index in [1.165, 1.54) is 5.57 Å². The quantitative estimate of drug-likeness (QED) is 0.445. The van der Waals surface area contributed by atoms with Crippen molar-refractivity contribution >= 4 is 14.0 Å². The summed E-state index contributed by atoms with van der Waals surface area (Å²) in [4.78, 5) is 12.1. The van der Waals surface area contributed by atoms with Crippen LogP contribution in [0.4, 0.5) is 0 Å². The number of rotatable bonds is 5. The zero-order valence-electron chi connectivity index (χ0n) is 16.8. The van der Waals surface area contributed by atoms with Gasteiger partial charge in [0.2, 0.25) is 0 Å². The van der Waals surface area contributed by atoms with E-state index in [2.05, 4.69) is 38.4 Å². The van der Waals surface area contributed by atoms with Gasteiger partial charge in [-0.2, -0.15) is 0 Å². The molecular weight excluding hydrogens is 352 g/mol. The fraction of sp³-hybridized carbons (Fsp3) is 0.435. The number of allylic oxidation sites excluding steroid dienone is 2. The Morgan fingerprint density at radius 2 is 2.00 bits per heavy atom. The van der Waals surface area contributed by atoms with Crippen molar-refractivity contribution in [2.45, 2.75) is 58.0 Å². The first-order valence-electron chi connectivity index (χ1n) is 9.59. The molecule has 1 aliphatic carbocycles. The predicted molar refractivity (Wildman–Crippen MR) is 113 cm³/mol. The van der Waals surface area contributed by atoms with Crippen LogP contribution in [0.25, 0.3) is 0 Å². The lowest BCUT2D eigenvalue weighted by molar-refractivity contribution is 0.0525. The first-order valence-corrected chi connectivity index (χ1v) is 13.3. The minimum Gasteiger partial charge on any atom is -0.462 e. The molecule has 1 unspecified atom stereocenters. The van der Waals surface area contributed by atoms with E-state index in [4.69, 9.17) is 4.74 Å². The highest BCUT2D eigenvalue weighted by molar-refractivity contribution is 6.76. The van der Waals surface area contributed by atoms with Crippen LogP contribution in [-0.2, 0) is 4.74 Å². The second-order valence-corrected chi connectivity index (χ2v) is 13.9. The van der Waals surface area contributed by atoms with Gasteiger partial charge >= 0.3 is 5.97 Å². The molecule has 2 rings (SSSR count). The molecule has 1 aliphatic rings. The number of carbonyl (C=O) groups excluding carboxylic acids is 1. The van der Waals surface area contributed by atoms with E-state index in [0.29, 0.717) is 12.2 Å². The van der Waals surface area contributed by atoms with Crippen LogP contribution in [0.1, 0.15) is 42.1 Å². The summed E-state index contributed by atoms with van der Waals surface area (Å²) in [6, 6.07) is 8.13. The molecule has 0 fully saturated rings. The van der Waals surface area contributed by atoms with E-state index in [1.807, 2.05) is 18.2 Å². The van der Waals surface area contributed by atoms with Crippen LogP contribution in [0.2, 0.25) is 25.7 Å². The van der Waals surface area contributed by atoms with Gasteiger partial charge in [0.1, 0.15) is 0 Å². The Morgan fingerprint density at radius 1 is 1.30 bits per heavy atom. The zero-order chi connectivity index (χ0) is 19.9. The Hall–Kier alpha value is -2.09. The lowest BCUT2D eigenvalue weighted by atomic mass is 9.90. The summed E-state index contributed by atoms with van der Waals surface area (Å²) in [7, 11) is -1.19. The van der Waals surface area contributed by atoms with Crippen molar-refractivity contribution < 1.29 is 14.6 Å². The van der Waals surface area contributed by atoms with Crippen molar-refractivity contribution in [2.24, 2.45) is 0 Å². The first-order chi connectivity index (χ1) is 12.8. The molecule has 0 aromatic heterocycles. The van der Waals surface area contributed by atoms with Gasteiger partial charge in [0.25, 0.3) is 0 Å². The SMILES string of the molecule is CC1=C(/C=C/C#Cc2ccc(C(=O)OCC[Si](C)(C)C)cc2)C(O)CCC1. The van der Waals surface area contributed by atoms with Crippen molar-refractivity contribution in [3.05, 3.63) is 58.7 Å². The maximum atomic E-state index is 12.1. The average Bonchev–Trinajstić information content (AvgIpc) is 2.60. The standard InChI is InChI=1S/C23H30O3Si/c1-18-8-7-11-22(24)21(18)10-6-5-9-19-12-14-20(15-13-19)23(25)26-16-17-27(2,3)4/h6,10,12-15,22,24H,7-8,11,16-17H2,1-4H3/b10-6+. The minimum atomic E-state index is -1.19. The Balaban J connectivity index is 1.92. The third-order valence-electron chi connectivity index (χ3n) is 4.65. The van der Waals surface area contributed by atoms with Gasteiger partial charge in [-0.05, 0) is 74.2 Å². The Bertz CT molecular complexity index is 771. The maximum Gasteiger partial charge on any atom is 0.338 e. The lowest BCUT2D eigenvalue weighted by Crippen LogP contribution is -2.22. The molecule has 27 heavy (non-hydrogen) atoms. The molecule has 4 heteroatoms. The van der Waals surface area contributed by atoms with E-state index in [0.717, 1.165) is 36.4 Å². The molecule has 1 N–H and O–H groups in total. The van der Waals surface area contributed by atoms with Crippen LogP contribution in [0.15, 0.2) is 47.6 Å². The van der Waals surface area contributed by atoms with Gasteiger partial charge in [0.05, 0.1) is 18.3 Å². The fourth-order valence-electron chi connectivity index (χ4n) is 2.88. The summed E-state index contributed by atoms with van der Waals surface area (Å²) in [6.45, 7) is 9.33. The van der Waals surface area contributed by atoms with Crippen molar-refractivity contribution in [3.63, 3.8) is 0 Å². The van der Waals surface area contributed by atoms with Gasteiger partial charge in [-0.3, -0.25) is 0 Å². The van der Waals surface area contributed by atoms with E-state index in [-0.39, 0.29) is 12.1 Å². The number of benzene rings is 1. The van der Waals surface area contributed by atoms with Crippen LogP contribution in [-0.4, -0.2) is 31.9 Å². The number of carbonyl (C=O) groups is 1. The highest BCUT2D eigenvalue weighted by Gasteiger charge is 2.16. The number of ether oxygens (including phenoxy) is 1. The Morgan fingerprint density at radius 3 is 2.63 bits per heavy atom. The van der Waals surface area contributed by atoms with Gasteiger partial charge in [0, 0.05) is 13.6 Å². The molecule has 1 aromatic carbocycles. The molecule has 0 saturated heterocycles. The zero-order valence-corrected chi connectivity index (χ0v) is 17.8. The summed E-state index contributed by atoms with van der Waals surface area (Å²) < 4.78 is 5.35. The number of hydrogen-bond acceptors (Lipinski definition) is 3. The molecule has 0 amide bonds. The second kappa shape index (κ2) is 9.73. The largest absolute Gasteiger partial charge is 0.462 e. The smallest absolute Gasteiger partial charge is 0.338 e. The molecule has 3 nitrogen and oxygen atoms in total. The van der Waals surface area contributed by atoms with Gasteiger partial charge in [-0.25, -0.2) is 4.79 Å². The molecule has 0 bridgehead atoms. The van der Waals surface area contributed by atoms with Crippen molar-refractivity contribution in [1.29, 1.82) is 0 Å². The number of esters is 1. The third-order valence-corrected chi connectivity index (χ3v) is 6.35. The minimum absolute atomic E-state index is 0.277. The Labute approximate surface area is 164 Å². The topological polar surface area (TPSA) is 46.5 Å². The highest BCUT2D eigenvalue weighted by atomic mass is 28.3. The van der Waals surface area contributed by atoms with E-state index < -0.39 is 8.07 Å². The molecule has 0 radical (unpaired) electrons. The summed E-state index contributed by atoms with van der Waals surface area (Å²) >= 11 is 0. The van der Waals surface area contributed by atoms with Gasteiger partial charge in [-0.15, -0.1) is 0 Å². The number of aliphatic hydroxyl groups excluding tert-OH is 1. The van der Waals surface area contributed by atoms with E-state index >= 15 is 0 Å². The maximum absolute atomic E-state index is 12.1. The molecule has 0 spiro atoms. The van der Waals surface area contributed by atoms with Crippen LogP contribution in [0.3, 0.4) is 0 Å². The summed E-state index contributed by atoms with van der Waals surface area (Å²) in [5.74, 6) is 5.78. The number of hydrogen-bond donors (Lipinski definition) is 1. The average molecular weight is 383 g/mol. The third kappa shape index (κ3) is 7.20. The second-order valence-electron chi connectivity index (χ2n) is 8.27. The van der Waals surface area contributed by atoms with Crippen molar-refractivity contribution in [1.82, 2.24) is 0 Å². The molecule has 1 atom stereocenters. The summed E-state index contributed by atoms with van der Waals surface area (Å²) in [6.07, 6.45) is 6.23. The number of aliphatic hydroxyl groups is 1. The summed E-state index contributed by atoms with van der Waals surface area (Å²) in [5, 5.41) is 10.0. The van der Waals surface area contributed by atoms with Gasteiger partial charge in [-0.1, -0.05) is 37.1 Å². The van der Waals surface area contributed by atoms with Crippen molar-refractivity contribution in [3.8, 4) is 11.8 Å². The van der Waals surface area contributed by atoms with Crippen LogP contribution >= 0.6 is 0 Å². The van der Waals surface area contributed by atoms with Crippen LogP contribution < -0.4 is 0 Å². The highest BCUT2D eigenvalue weighted by Crippen LogP contribution is 2.25. The fourth-order valence-corrected chi connectivity index (χ4v) is 3.59. The molecule has 144 valence electrons. The van der Waals surface area contributed by atoms with Crippen molar-refractivity contribution in [2.75, 3.05) is 6.61 Å². The predicted octanol–water partition coefficient (Wildman–Crippen LogP) is 4.95. The molecule has 1 aromatic rings. The summed E-state index contributed by atoms with van der Waals surface area (Å²) in [5.41, 5.74) is 3.63. The van der Waals surface area contributed by atoms with E-state index in [1.54, 1.807) is 18.2 Å². The lowest BCUT2D eigenvalue weighted by Gasteiger charge is -2.20. The van der Waals surface area contributed by atoms with E-state index in [9.17, 15) is 9.90 Å². The van der Waals surface area contributed by atoms with Gasteiger partial charge < -0.3 is 9.84 Å². The molecule has 0 heterocycles. The molecular formula is C23H30O3Si. The molecule has 0 saturated carbocycles. The monoisotopic (exact) mass is 382 g/mol. The van der Waals surface area contributed by atoms with Crippen LogP contribution in [0, 0.1) is 11.8 Å². The molecule has 0 aliphatic heterocycles.